The highest BCUT2D eigenvalue weighted by Gasteiger charge is 1.98. The summed E-state index contributed by atoms with van der Waals surface area (Å²) in [6, 6.07) is 31.4. The number of benzene rings is 3. The summed E-state index contributed by atoms with van der Waals surface area (Å²) in [6.45, 7) is 7.74. The first kappa shape index (κ1) is 24.3. The molecule has 0 radical (unpaired) electrons. The van der Waals surface area contributed by atoms with Gasteiger partial charge in [0.1, 0.15) is 0 Å². The molecule has 0 fully saturated rings. The lowest BCUT2D eigenvalue weighted by Gasteiger charge is -2.17. The zero-order valence-corrected chi connectivity index (χ0v) is 18.9. The summed E-state index contributed by atoms with van der Waals surface area (Å²) in [5.41, 5.74) is 3.96. The molecular formula is C23H31ClNP. The minimum atomic E-state index is 0. The lowest BCUT2D eigenvalue weighted by atomic mass is 10.1. The van der Waals surface area contributed by atoms with Crippen molar-refractivity contribution in [1.82, 2.24) is 4.90 Å². The van der Waals surface area contributed by atoms with Crippen LogP contribution in [0.25, 0.3) is 11.1 Å². The van der Waals surface area contributed by atoms with E-state index < -0.39 is 0 Å². The Bertz CT molecular complexity index is 633. The molecule has 140 valence electrons. The normalized spacial score (nSPS) is 9.35. The lowest BCUT2D eigenvalue weighted by Crippen LogP contribution is -3.00. The van der Waals surface area contributed by atoms with Gasteiger partial charge in [0.15, 0.2) is 0 Å². The summed E-state index contributed by atoms with van der Waals surface area (Å²) in [4.78, 5) is 2.41. The van der Waals surface area contributed by atoms with Crippen LogP contribution in [0.1, 0.15) is 19.4 Å². The van der Waals surface area contributed by atoms with Gasteiger partial charge in [0.05, 0.1) is 0 Å². The van der Waals surface area contributed by atoms with Crippen molar-refractivity contribution < 1.29 is 12.4 Å². The monoisotopic (exact) mass is 387 g/mol. The first-order valence-electron chi connectivity index (χ1n) is 8.70. The van der Waals surface area contributed by atoms with Crippen LogP contribution in [-0.4, -0.2) is 18.0 Å². The maximum atomic E-state index is 2.41. The van der Waals surface area contributed by atoms with E-state index in [1.165, 1.54) is 16.7 Å². The fourth-order valence-electron chi connectivity index (χ4n) is 2.55. The first-order valence-corrected chi connectivity index (χ1v) is 8.70. The number of nitrogens with zero attached hydrogens (tertiary/aromatic N) is 1. The molecule has 3 heteroatoms. The minimum absolute atomic E-state index is 0. The summed E-state index contributed by atoms with van der Waals surface area (Å²) < 4.78 is 0. The highest BCUT2D eigenvalue weighted by atomic mass is 35.5. The van der Waals surface area contributed by atoms with E-state index in [0.717, 1.165) is 19.6 Å². The molecule has 3 aromatic rings. The molecule has 0 aliphatic heterocycles. The highest BCUT2D eigenvalue weighted by molar-refractivity contribution is 6.92. The van der Waals surface area contributed by atoms with Crippen LogP contribution in [0.3, 0.4) is 0 Å². The van der Waals surface area contributed by atoms with Crippen molar-refractivity contribution >= 4 is 9.90 Å². The second-order valence-corrected chi connectivity index (χ2v) is 5.68. The van der Waals surface area contributed by atoms with Crippen molar-refractivity contribution in [2.75, 3.05) is 13.1 Å². The molecular weight excluding hydrogens is 357 g/mol. The molecule has 0 saturated carbocycles. The number of hydrogen-bond donors (Lipinski definition) is 0. The van der Waals surface area contributed by atoms with Crippen LogP contribution >= 0.6 is 9.90 Å². The maximum absolute atomic E-state index is 2.41. The van der Waals surface area contributed by atoms with Crippen LogP contribution in [-0.2, 0) is 6.54 Å². The Morgan fingerprint density at radius 2 is 0.923 bits per heavy atom. The summed E-state index contributed by atoms with van der Waals surface area (Å²) in [7, 11) is 0. The van der Waals surface area contributed by atoms with Gasteiger partial charge in [-0.3, -0.25) is 4.90 Å². The van der Waals surface area contributed by atoms with Crippen LogP contribution < -0.4 is 12.4 Å². The van der Waals surface area contributed by atoms with Crippen LogP contribution in [0.5, 0.6) is 0 Å². The molecule has 0 N–H and O–H groups in total. The van der Waals surface area contributed by atoms with Gasteiger partial charge in [0.25, 0.3) is 0 Å². The van der Waals surface area contributed by atoms with Crippen molar-refractivity contribution in [3.8, 4) is 11.1 Å². The average Bonchev–Trinajstić information content (AvgIpc) is 2.69. The third-order valence-corrected chi connectivity index (χ3v) is 4.02. The van der Waals surface area contributed by atoms with Crippen molar-refractivity contribution in [3.63, 3.8) is 0 Å². The van der Waals surface area contributed by atoms with Gasteiger partial charge in [-0.25, -0.2) is 0 Å². The Morgan fingerprint density at radius 3 is 1.27 bits per heavy atom. The van der Waals surface area contributed by atoms with Gasteiger partial charge in [-0.05, 0) is 39.7 Å². The second kappa shape index (κ2) is 14.5. The molecule has 3 aromatic carbocycles. The quantitative estimate of drug-likeness (QED) is 0.608. The Balaban J connectivity index is 0.000000446. The molecule has 26 heavy (non-hydrogen) atoms. The smallest absolute Gasteiger partial charge is 0.0233 e. The van der Waals surface area contributed by atoms with Crippen molar-refractivity contribution in [2.24, 2.45) is 0 Å². The topological polar surface area (TPSA) is 3.24 Å². The third kappa shape index (κ3) is 8.63. The molecule has 0 saturated heterocycles. The molecule has 1 unspecified atom stereocenters. The Labute approximate surface area is 168 Å². The number of rotatable bonds is 5. The van der Waals surface area contributed by atoms with Crippen molar-refractivity contribution in [2.45, 2.75) is 20.4 Å². The number of halogens is 1. The zero-order chi connectivity index (χ0) is 17.0. The maximum Gasteiger partial charge on any atom is 0.0233 e. The van der Waals surface area contributed by atoms with Crippen LogP contribution in [0.15, 0.2) is 91.0 Å². The van der Waals surface area contributed by atoms with E-state index in [1.807, 2.05) is 12.1 Å². The number of hydrogen-bond acceptors (Lipinski definition) is 1. The summed E-state index contributed by atoms with van der Waals surface area (Å²) >= 11 is 0. The fraction of sp³-hybridized carbons (Fsp3) is 0.217. The van der Waals surface area contributed by atoms with Gasteiger partial charge in [0.2, 0.25) is 0 Å². The van der Waals surface area contributed by atoms with Gasteiger partial charge in [-0.1, -0.05) is 105 Å². The van der Waals surface area contributed by atoms with Gasteiger partial charge >= 0.3 is 0 Å². The molecule has 1 atom stereocenters. The van der Waals surface area contributed by atoms with Gasteiger partial charge in [-0.15, -0.1) is 0 Å². The molecule has 0 aliphatic rings. The highest BCUT2D eigenvalue weighted by Crippen LogP contribution is 2.17. The van der Waals surface area contributed by atoms with E-state index in [2.05, 4.69) is 97.6 Å². The SMILES string of the molecule is CCN(CC)Cc1ccccc1.[Cl-].[PH4+].c1ccc(-c2ccccc2)cc1. The van der Waals surface area contributed by atoms with Gasteiger partial charge in [-0.2, -0.15) is 0 Å². The molecule has 1 nitrogen and oxygen atoms in total. The summed E-state index contributed by atoms with van der Waals surface area (Å²) in [5.74, 6) is 0. The molecule has 0 aromatic heterocycles. The minimum Gasteiger partial charge on any atom is -1.00 e. The predicted octanol–water partition coefficient (Wildman–Crippen LogP) is 2.68. The van der Waals surface area contributed by atoms with Crippen LogP contribution in [0.4, 0.5) is 0 Å². The third-order valence-electron chi connectivity index (χ3n) is 4.02. The molecule has 0 bridgehead atoms. The van der Waals surface area contributed by atoms with E-state index in [1.54, 1.807) is 0 Å². The van der Waals surface area contributed by atoms with Crippen molar-refractivity contribution in [1.29, 1.82) is 0 Å². The fourth-order valence-corrected chi connectivity index (χ4v) is 2.55. The molecule has 0 aliphatic carbocycles. The summed E-state index contributed by atoms with van der Waals surface area (Å²) in [5, 5.41) is 0. The molecule has 0 heterocycles. The Kier molecular flexibility index (Phi) is 13.6. The van der Waals surface area contributed by atoms with E-state index in [0.29, 0.717) is 0 Å². The van der Waals surface area contributed by atoms with Gasteiger partial charge in [0, 0.05) is 6.54 Å². The van der Waals surface area contributed by atoms with Crippen LogP contribution in [0.2, 0.25) is 0 Å². The largest absolute Gasteiger partial charge is 1.00 e. The summed E-state index contributed by atoms with van der Waals surface area (Å²) in [6.07, 6.45) is 0. The van der Waals surface area contributed by atoms with E-state index >= 15 is 0 Å². The first-order chi connectivity index (χ1) is 11.8. The van der Waals surface area contributed by atoms with Gasteiger partial charge < -0.3 is 12.4 Å². The average molecular weight is 388 g/mol. The van der Waals surface area contributed by atoms with E-state index in [9.17, 15) is 0 Å². The van der Waals surface area contributed by atoms with Crippen LogP contribution in [0, 0.1) is 0 Å². The second-order valence-electron chi connectivity index (χ2n) is 5.68. The molecule has 3 rings (SSSR count). The lowest BCUT2D eigenvalue weighted by molar-refractivity contribution is -0.00000508. The van der Waals surface area contributed by atoms with E-state index in [-0.39, 0.29) is 22.3 Å². The van der Waals surface area contributed by atoms with Crippen molar-refractivity contribution in [3.05, 3.63) is 96.6 Å². The Morgan fingerprint density at radius 1 is 0.577 bits per heavy atom. The zero-order valence-electron chi connectivity index (χ0n) is 16.1. The molecule has 0 spiro atoms. The molecule has 0 amide bonds. The standard InChI is InChI=1S/C12H10.C11H17N.ClH.H3P/c1-3-7-11(8-4-1)12-9-5-2-6-10-12;1-3-12(4-2)10-11-8-6-5-7-9-11;;/h1-10H;5-9H,3-4,10H2,1-2H3;1H;1H3. The predicted molar refractivity (Wildman–Crippen MR) is 117 cm³/mol. The Hall–Kier alpha value is -1.66. The van der Waals surface area contributed by atoms with E-state index in [4.69, 9.17) is 0 Å².